The van der Waals surface area contributed by atoms with E-state index >= 15 is 0 Å². The van der Waals surface area contributed by atoms with Crippen molar-refractivity contribution in [2.24, 2.45) is 17.3 Å². The van der Waals surface area contributed by atoms with Gasteiger partial charge in [-0.2, -0.15) is 13.2 Å². The number of carboxylic acids is 1. The van der Waals surface area contributed by atoms with Gasteiger partial charge in [-0.3, -0.25) is 9.59 Å². The number of rotatable bonds is 8. The first kappa shape index (κ1) is 34.0. The van der Waals surface area contributed by atoms with Crippen molar-refractivity contribution in [2.45, 2.75) is 140 Å². The number of carboxylic acid groups (broad SMARTS) is 1. The van der Waals surface area contributed by atoms with Crippen molar-refractivity contribution in [3.05, 3.63) is 29.1 Å². The second-order valence-electron chi connectivity index (χ2n) is 15.2. The minimum Gasteiger partial charge on any atom is -0.481 e. The average Bonchev–Trinajstić information content (AvgIpc) is 3.28. The SMILES string of the molecule is Cc1c(C(=O)NC23CCC(C(=O)O)(CC2)CC3)cc(C2=CC(C(F)(F)F)C(S(=O)(=O)NC(C)(C)C)CC2)n1CC1CCCCC1. The summed E-state index contributed by atoms with van der Waals surface area (Å²) in [7, 11) is -4.28. The van der Waals surface area contributed by atoms with E-state index in [-0.39, 0.29) is 18.7 Å². The molecule has 4 fully saturated rings. The Balaban J connectivity index is 1.49. The first-order valence-electron chi connectivity index (χ1n) is 16.4. The van der Waals surface area contributed by atoms with Gasteiger partial charge >= 0.3 is 12.1 Å². The van der Waals surface area contributed by atoms with E-state index < -0.39 is 49.8 Å². The van der Waals surface area contributed by atoms with Crippen LogP contribution in [0, 0.1) is 24.2 Å². The van der Waals surface area contributed by atoms with Gasteiger partial charge in [0.05, 0.1) is 22.1 Å². The molecule has 1 aromatic heterocycles. The highest BCUT2D eigenvalue weighted by Gasteiger charge is 2.54. The van der Waals surface area contributed by atoms with E-state index in [9.17, 15) is 36.3 Å². The summed E-state index contributed by atoms with van der Waals surface area (Å²) in [5, 5.41) is 11.3. The van der Waals surface area contributed by atoms with Crippen LogP contribution in [0.2, 0.25) is 0 Å². The molecule has 6 rings (SSSR count). The Bertz CT molecular complexity index is 1430. The number of allylic oxidation sites excluding steroid dienone is 2. The largest absolute Gasteiger partial charge is 0.481 e. The molecular weight excluding hydrogens is 607 g/mol. The average molecular weight is 656 g/mol. The van der Waals surface area contributed by atoms with Gasteiger partial charge in [-0.15, -0.1) is 0 Å². The fraction of sp³-hybridized carbons (Fsp3) is 0.758. The zero-order valence-corrected chi connectivity index (χ0v) is 27.7. The van der Waals surface area contributed by atoms with E-state index in [0.717, 1.165) is 38.2 Å². The molecule has 3 N–H and O–H groups in total. The van der Waals surface area contributed by atoms with E-state index in [1.807, 2.05) is 11.5 Å². The van der Waals surface area contributed by atoms with Crippen molar-refractivity contribution >= 4 is 27.5 Å². The monoisotopic (exact) mass is 655 g/mol. The molecule has 0 aromatic carbocycles. The highest BCUT2D eigenvalue weighted by molar-refractivity contribution is 7.90. The molecule has 1 aromatic rings. The number of fused-ring (bicyclic) bond motifs is 3. The van der Waals surface area contributed by atoms with E-state index in [1.165, 1.54) is 0 Å². The van der Waals surface area contributed by atoms with Gasteiger partial charge in [0, 0.05) is 29.0 Å². The van der Waals surface area contributed by atoms with Crippen LogP contribution in [0.25, 0.3) is 5.57 Å². The quantitative estimate of drug-likeness (QED) is 0.287. The Morgan fingerprint density at radius 1 is 1.00 bits per heavy atom. The molecule has 1 amide bonds. The smallest absolute Gasteiger partial charge is 0.396 e. The predicted molar refractivity (Wildman–Crippen MR) is 166 cm³/mol. The third-order valence-electron chi connectivity index (χ3n) is 10.9. The number of halogens is 3. The van der Waals surface area contributed by atoms with Gasteiger partial charge in [-0.25, -0.2) is 13.1 Å². The maximum atomic E-state index is 14.5. The maximum Gasteiger partial charge on any atom is 0.396 e. The standard InChI is InChI=1S/C33H48F3N3O5S/c1-21-24(28(40)37-32-15-12-31(13-16-32,14-17-32)29(41)42)19-26(39(21)20-22-8-6-5-7-9-22)23-10-11-27(25(18-23)33(34,35)36)45(43,44)38-30(2,3)4/h18-19,22,25,27,38H,5-17,20H2,1-4H3,(H,37,40)(H,41,42). The summed E-state index contributed by atoms with van der Waals surface area (Å²) in [6, 6.07) is 1.69. The van der Waals surface area contributed by atoms with Crippen LogP contribution < -0.4 is 10.0 Å². The van der Waals surface area contributed by atoms with Gasteiger partial charge in [0.25, 0.3) is 5.91 Å². The molecule has 4 saturated carbocycles. The Morgan fingerprint density at radius 2 is 1.60 bits per heavy atom. The zero-order chi connectivity index (χ0) is 33.0. The number of hydrogen-bond acceptors (Lipinski definition) is 4. The van der Waals surface area contributed by atoms with Crippen LogP contribution in [0.15, 0.2) is 12.1 Å². The topological polar surface area (TPSA) is 118 Å². The van der Waals surface area contributed by atoms with E-state index in [1.54, 1.807) is 26.8 Å². The molecule has 12 heteroatoms. The molecule has 5 aliphatic rings. The van der Waals surface area contributed by atoms with Gasteiger partial charge in [0.1, 0.15) is 0 Å². The van der Waals surface area contributed by atoms with Crippen LogP contribution in [0.5, 0.6) is 0 Å². The molecule has 0 spiro atoms. The molecular formula is C33H48F3N3O5S. The third kappa shape index (κ3) is 7.01. The lowest BCUT2D eigenvalue weighted by Gasteiger charge is -2.51. The zero-order valence-electron chi connectivity index (χ0n) is 26.9. The molecule has 8 nitrogen and oxygen atoms in total. The van der Waals surface area contributed by atoms with Gasteiger partial charge in [0.15, 0.2) is 0 Å². The molecule has 2 atom stereocenters. The highest BCUT2D eigenvalue weighted by Crippen LogP contribution is 2.52. The van der Waals surface area contributed by atoms with Crippen LogP contribution in [0.4, 0.5) is 13.2 Å². The molecule has 0 saturated heterocycles. The number of carbonyl (C=O) groups is 2. The molecule has 2 unspecified atom stereocenters. The molecule has 0 radical (unpaired) electrons. The fourth-order valence-electron chi connectivity index (χ4n) is 8.26. The Kier molecular flexibility index (Phi) is 9.09. The number of nitrogens with one attached hydrogen (secondary N) is 2. The number of aromatic nitrogens is 1. The van der Waals surface area contributed by atoms with Crippen LogP contribution in [-0.2, 0) is 21.4 Å². The summed E-state index contributed by atoms with van der Waals surface area (Å²) < 4.78 is 74.2. The molecule has 1 heterocycles. The first-order chi connectivity index (χ1) is 20.8. The summed E-state index contributed by atoms with van der Waals surface area (Å²) in [5.74, 6) is -2.91. The molecule has 0 aliphatic heterocycles. The van der Waals surface area contributed by atoms with Crippen LogP contribution in [0.1, 0.15) is 126 Å². The number of aliphatic carboxylic acids is 1. The number of carbonyl (C=O) groups excluding carboxylic acids is 1. The summed E-state index contributed by atoms with van der Waals surface area (Å²) in [5.41, 5.74) is -0.0644. The molecule has 45 heavy (non-hydrogen) atoms. The lowest BCUT2D eigenvalue weighted by Crippen LogP contribution is -2.58. The number of nitrogens with zero attached hydrogens (tertiary/aromatic N) is 1. The van der Waals surface area contributed by atoms with Crippen LogP contribution in [0.3, 0.4) is 0 Å². The van der Waals surface area contributed by atoms with Crippen molar-refractivity contribution in [1.29, 1.82) is 0 Å². The minimum absolute atomic E-state index is 0.138. The Morgan fingerprint density at radius 3 is 2.13 bits per heavy atom. The molecule has 5 aliphatic carbocycles. The normalized spacial score (nSPS) is 29.8. The molecule has 2 bridgehead atoms. The van der Waals surface area contributed by atoms with Crippen molar-refractivity contribution < 1.29 is 36.3 Å². The summed E-state index contributed by atoms with van der Waals surface area (Å²) in [4.78, 5) is 25.8. The van der Waals surface area contributed by atoms with E-state index in [0.29, 0.717) is 73.5 Å². The fourth-order valence-corrected chi connectivity index (χ4v) is 10.3. The second kappa shape index (κ2) is 12.0. The van der Waals surface area contributed by atoms with E-state index in [4.69, 9.17) is 0 Å². The maximum absolute atomic E-state index is 14.5. The predicted octanol–water partition coefficient (Wildman–Crippen LogP) is 6.73. The number of hydrogen-bond donors (Lipinski definition) is 3. The first-order valence-corrected chi connectivity index (χ1v) is 18.0. The van der Waals surface area contributed by atoms with Crippen LogP contribution >= 0.6 is 0 Å². The lowest BCUT2D eigenvalue weighted by molar-refractivity contribution is -0.162. The summed E-state index contributed by atoms with van der Waals surface area (Å²) in [6.45, 7) is 7.23. The summed E-state index contributed by atoms with van der Waals surface area (Å²) >= 11 is 0. The summed E-state index contributed by atoms with van der Waals surface area (Å²) in [6.07, 6.45) is 4.88. The van der Waals surface area contributed by atoms with Crippen molar-refractivity contribution in [3.8, 4) is 0 Å². The van der Waals surface area contributed by atoms with Crippen molar-refractivity contribution in [3.63, 3.8) is 0 Å². The second-order valence-corrected chi connectivity index (χ2v) is 17.1. The van der Waals surface area contributed by atoms with Gasteiger partial charge in [0.2, 0.25) is 10.0 Å². The lowest BCUT2D eigenvalue weighted by atomic mass is 9.57. The molecule has 252 valence electrons. The van der Waals surface area contributed by atoms with Crippen LogP contribution in [-0.4, -0.2) is 52.5 Å². The Hall–Kier alpha value is -2.34. The van der Waals surface area contributed by atoms with Gasteiger partial charge < -0.3 is 15.0 Å². The number of sulfonamides is 1. The highest BCUT2D eigenvalue weighted by atomic mass is 32.2. The van der Waals surface area contributed by atoms with Gasteiger partial charge in [-0.1, -0.05) is 25.3 Å². The number of amides is 1. The third-order valence-corrected chi connectivity index (χ3v) is 13.1. The number of alkyl halides is 3. The minimum atomic E-state index is -4.77. The Labute approximate surface area is 264 Å². The van der Waals surface area contributed by atoms with Gasteiger partial charge in [-0.05, 0) is 109 Å². The van der Waals surface area contributed by atoms with E-state index in [2.05, 4.69) is 10.0 Å². The van der Waals surface area contributed by atoms with Crippen molar-refractivity contribution in [1.82, 2.24) is 14.6 Å². The van der Waals surface area contributed by atoms with Crippen molar-refractivity contribution in [2.75, 3.05) is 0 Å².